The van der Waals surface area contributed by atoms with Gasteiger partial charge in [-0.15, -0.1) is 0 Å². The fourth-order valence-corrected chi connectivity index (χ4v) is 2.64. The third-order valence-electron chi connectivity index (χ3n) is 3.77. The molecule has 21 heavy (non-hydrogen) atoms. The molecular weight excluding hydrogens is 268 g/mol. The van der Waals surface area contributed by atoms with E-state index in [0.717, 1.165) is 31.2 Å². The first-order valence-corrected chi connectivity index (χ1v) is 7.36. The molecule has 1 aliphatic carbocycles. The SMILES string of the molecule is COC(=O)c1cc(C)ccc1NC(=O)NC1CCCCC1. The van der Waals surface area contributed by atoms with Gasteiger partial charge in [0.15, 0.2) is 0 Å². The Kier molecular flexibility index (Phi) is 5.20. The molecule has 114 valence electrons. The number of hydrogen-bond acceptors (Lipinski definition) is 3. The minimum atomic E-state index is -0.452. The summed E-state index contributed by atoms with van der Waals surface area (Å²) in [6.45, 7) is 1.89. The number of amides is 2. The predicted molar refractivity (Wildman–Crippen MR) is 81.5 cm³/mol. The lowest BCUT2D eigenvalue weighted by molar-refractivity contribution is 0.0602. The first-order chi connectivity index (χ1) is 10.1. The molecule has 0 unspecified atom stereocenters. The molecule has 0 spiro atoms. The van der Waals surface area contributed by atoms with Crippen molar-refractivity contribution in [1.82, 2.24) is 5.32 Å². The molecule has 1 fully saturated rings. The van der Waals surface area contributed by atoms with Gasteiger partial charge in [0.1, 0.15) is 0 Å². The number of anilines is 1. The van der Waals surface area contributed by atoms with Crippen molar-refractivity contribution in [2.24, 2.45) is 0 Å². The zero-order valence-corrected chi connectivity index (χ0v) is 12.6. The number of carbonyl (C=O) groups excluding carboxylic acids is 2. The smallest absolute Gasteiger partial charge is 0.339 e. The summed E-state index contributed by atoms with van der Waals surface area (Å²) in [4.78, 5) is 23.8. The standard InChI is InChI=1S/C16H22N2O3/c1-11-8-9-14(13(10-11)15(19)21-2)18-16(20)17-12-6-4-3-5-7-12/h8-10,12H,3-7H2,1-2H3,(H2,17,18,20). The maximum atomic E-state index is 12.1. The number of urea groups is 1. The third-order valence-corrected chi connectivity index (χ3v) is 3.77. The topological polar surface area (TPSA) is 67.4 Å². The lowest BCUT2D eigenvalue weighted by Gasteiger charge is -2.23. The Morgan fingerprint density at radius 3 is 2.57 bits per heavy atom. The number of carbonyl (C=O) groups is 2. The molecule has 0 atom stereocenters. The lowest BCUT2D eigenvalue weighted by atomic mass is 9.96. The van der Waals surface area contributed by atoms with Crippen LogP contribution in [0.2, 0.25) is 0 Å². The normalized spacial score (nSPS) is 15.3. The number of hydrogen-bond donors (Lipinski definition) is 2. The van der Waals surface area contributed by atoms with E-state index >= 15 is 0 Å². The van der Waals surface area contributed by atoms with Gasteiger partial charge < -0.3 is 15.4 Å². The lowest BCUT2D eigenvalue weighted by Crippen LogP contribution is -2.39. The Hall–Kier alpha value is -2.04. The summed E-state index contributed by atoms with van der Waals surface area (Å²) in [6.07, 6.45) is 5.59. The average Bonchev–Trinajstić information content (AvgIpc) is 2.49. The van der Waals surface area contributed by atoms with Gasteiger partial charge in [-0.1, -0.05) is 30.9 Å². The summed E-state index contributed by atoms with van der Waals surface area (Å²) in [7, 11) is 1.33. The minimum absolute atomic E-state index is 0.228. The number of benzene rings is 1. The maximum Gasteiger partial charge on any atom is 0.339 e. The van der Waals surface area contributed by atoms with Crippen LogP contribution in [0.25, 0.3) is 0 Å². The van der Waals surface area contributed by atoms with Gasteiger partial charge in [0.25, 0.3) is 0 Å². The van der Waals surface area contributed by atoms with Crippen LogP contribution in [0.4, 0.5) is 10.5 Å². The van der Waals surface area contributed by atoms with E-state index in [1.807, 2.05) is 13.0 Å². The van der Waals surface area contributed by atoms with E-state index in [1.54, 1.807) is 12.1 Å². The van der Waals surface area contributed by atoms with Crippen molar-refractivity contribution in [3.63, 3.8) is 0 Å². The van der Waals surface area contributed by atoms with Gasteiger partial charge in [-0.2, -0.15) is 0 Å². The van der Waals surface area contributed by atoms with Gasteiger partial charge in [0, 0.05) is 6.04 Å². The van der Waals surface area contributed by atoms with Crippen molar-refractivity contribution in [3.05, 3.63) is 29.3 Å². The summed E-state index contributed by atoms with van der Waals surface area (Å²) in [5.41, 5.74) is 1.78. The van der Waals surface area contributed by atoms with Crippen LogP contribution in [-0.2, 0) is 4.74 Å². The van der Waals surface area contributed by atoms with Crippen molar-refractivity contribution < 1.29 is 14.3 Å². The van der Waals surface area contributed by atoms with Crippen LogP contribution in [0.5, 0.6) is 0 Å². The second-order valence-corrected chi connectivity index (χ2v) is 5.47. The number of nitrogens with one attached hydrogen (secondary N) is 2. The van der Waals surface area contributed by atoms with Crippen LogP contribution in [0.15, 0.2) is 18.2 Å². The van der Waals surface area contributed by atoms with E-state index in [9.17, 15) is 9.59 Å². The molecule has 5 nitrogen and oxygen atoms in total. The Morgan fingerprint density at radius 2 is 1.90 bits per heavy atom. The monoisotopic (exact) mass is 290 g/mol. The molecule has 2 amide bonds. The highest BCUT2D eigenvalue weighted by molar-refractivity contribution is 6.01. The Bertz CT molecular complexity index is 522. The summed E-state index contributed by atoms with van der Waals surface area (Å²) < 4.78 is 4.75. The summed E-state index contributed by atoms with van der Waals surface area (Å²) >= 11 is 0. The quantitative estimate of drug-likeness (QED) is 0.840. The molecule has 0 bridgehead atoms. The molecular formula is C16H22N2O3. The van der Waals surface area contributed by atoms with Crippen LogP contribution in [0.3, 0.4) is 0 Å². The molecule has 1 aliphatic rings. The Labute approximate surface area is 125 Å². The van der Waals surface area contributed by atoms with Crippen molar-refractivity contribution >= 4 is 17.7 Å². The second-order valence-electron chi connectivity index (χ2n) is 5.47. The highest BCUT2D eigenvalue weighted by atomic mass is 16.5. The van der Waals surface area contributed by atoms with Gasteiger partial charge >= 0.3 is 12.0 Å². The average molecular weight is 290 g/mol. The van der Waals surface area contributed by atoms with Gasteiger partial charge in [-0.3, -0.25) is 0 Å². The van der Waals surface area contributed by atoms with Crippen LogP contribution < -0.4 is 10.6 Å². The number of methoxy groups -OCH3 is 1. The number of aryl methyl sites for hydroxylation is 1. The van der Waals surface area contributed by atoms with E-state index < -0.39 is 5.97 Å². The molecule has 0 saturated heterocycles. The van der Waals surface area contributed by atoms with Gasteiger partial charge in [-0.25, -0.2) is 9.59 Å². The minimum Gasteiger partial charge on any atom is -0.465 e. The Balaban J connectivity index is 2.04. The van der Waals surface area contributed by atoms with E-state index in [0.29, 0.717) is 11.3 Å². The van der Waals surface area contributed by atoms with Crippen molar-refractivity contribution in [2.45, 2.75) is 45.1 Å². The molecule has 1 aromatic rings. The molecule has 5 heteroatoms. The molecule has 0 radical (unpaired) electrons. The van der Waals surface area contributed by atoms with Crippen LogP contribution in [-0.4, -0.2) is 25.2 Å². The van der Waals surface area contributed by atoms with Gasteiger partial charge in [0.05, 0.1) is 18.4 Å². The summed E-state index contributed by atoms with van der Waals surface area (Å²) in [6, 6.07) is 5.24. The van der Waals surface area contributed by atoms with Crippen molar-refractivity contribution in [1.29, 1.82) is 0 Å². The highest BCUT2D eigenvalue weighted by Crippen LogP contribution is 2.20. The third kappa shape index (κ3) is 4.21. The Morgan fingerprint density at radius 1 is 1.19 bits per heavy atom. The molecule has 1 aromatic carbocycles. The van der Waals surface area contributed by atoms with Crippen molar-refractivity contribution in [2.75, 3.05) is 12.4 Å². The zero-order valence-electron chi connectivity index (χ0n) is 12.6. The molecule has 0 aliphatic heterocycles. The maximum absolute atomic E-state index is 12.1. The van der Waals surface area contributed by atoms with Gasteiger partial charge in [-0.05, 0) is 31.9 Å². The highest BCUT2D eigenvalue weighted by Gasteiger charge is 2.18. The molecule has 0 aromatic heterocycles. The first kappa shape index (κ1) is 15.4. The number of ether oxygens (including phenoxy) is 1. The van der Waals surface area contributed by atoms with Crippen LogP contribution in [0, 0.1) is 6.92 Å². The van der Waals surface area contributed by atoms with E-state index in [2.05, 4.69) is 10.6 Å². The zero-order chi connectivity index (χ0) is 15.2. The molecule has 0 heterocycles. The second kappa shape index (κ2) is 7.11. The van der Waals surface area contributed by atoms with E-state index in [1.165, 1.54) is 13.5 Å². The molecule has 1 saturated carbocycles. The van der Waals surface area contributed by atoms with Crippen LogP contribution >= 0.6 is 0 Å². The van der Waals surface area contributed by atoms with E-state index in [-0.39, 0.29) is 12.1 Å². The summed E-state index contributed by atoms with van der Waals surface area (Å²) in [5.74, 6) is -0.452. The number of esters is 1. The number of rotatable bonds is 3. The first-order valence-electron chi connectivity index (χ1n) is 7.36. The molecule has 2 N–H and O–H groups in total. The van der Waals surface area contributed by atoms with Gasteiger partial charge in [0.2, 0.25) is 0 Å². The fourth-order valence-electron chi connectivity index (χ4n) is 2.64. The fraction of sp³-hybridized carbons (Fsp3) is 0.500. The largest absolute Gasteiger partial charge is 0.465 e. The predicted octanol–water partition coefficient (Wildman–Crippen LogP) is 3.24. The van der Waals surface area contributed by atoms with Crippen LogP contribution in [0.1, 0.15) is 48.0 Å². The van der Waals surface area contributed by atoms with E-state index in [4.69, 9.17) is 4.74 Å². The molecule has 2 rings (SSSR count). The summed E-state index contributed by atoms with van der Waals surface area (Å²) in [5, 5.41) is 5.71. The van der Waals surface area contributed by atoms with Crippen molar-refractivity contribution in [3.8, 4) is 0 Å².